The summed E-state index contributed by atoms with van der Waals surface area (Å²) in [6.07, 6.45) is -2.56. The maximum Gasteiger partial charge on any atom is 0.310 e. The SMILES string of the molecule is O=C(NC1(CO)COC(c2ccccc2)OC1)C(=O)NC1(CO)COC(c2ccccc2)OC1.O=C(NC1(CO)COC(c2ccccc2)OC1)C(=O)NC1(CO)COC(c2ccccc2)OC1. The van der Waals surface area contributed by atoms with Crippen LogP contribution in [-0.2, 0) is 57.1 Å². The molecule has 4 aliphatic heterocycles. The van der Waals surface area contributed by atoms with Gasteiger partial charge in [-0.1, -0.05) is 121 Å². The molecule has 4 aliphatic rings. The van der Waals surface area contributed by atoms with E-state index in [1.54, 1.807) is 0 Å². The third-order valence-electron chi connectivity index (χ3n) is 11.5. The van der Waals surface area contributed by atoms with Crippen molar-refractivity contribution in [1.82, 2.24) is 21.3 Å². The van der Waals surface area contributed by atoms with Gasteiger partial charge in [-0.2, -0.15) is 0 Å². The van der Waals surface area contributed by atoms with Gasteiger partial charge in [-0.05, 0) is 0 Å². The average molecular weight is 945 g/mol. The lowest BCUT2D eigenvalue weighted by Crippen LogP contribution is -2.66. The third kappa shape index (κ3) is 12.5. The van der Waals surface area contributed by atoms with E-state index in [1.807, 2.05) is 121 Å². The number of hydrogen-bond acceptors (Lipinski definition) is 16. The van der Waals surface area contributed by atoms with Gasteiger partial charge in [-0.15, -0.1) is 0 Å². The zero-order valence-electron chi connectivity index (χ0n) is 37.0. The van der Waals surface area contributed by atoms with Crippen LogP contribution in [-0.4, -0.2) is 145 Å². The molecule has 8 rings (SSSR count). The minimum Gasteiger partial charge on any atom is -0.394 e. The van der Waals surface area contributed by atoms with Gasteiger partial charge in [0.1, 0.15) is 22.2 Å². The Balaban J connectivity index is 0.000000201. The van der Waals surface area contributed by atoms with E-state index in [0.717, 1.165) is 22.3 Å². The fourth-order valence-corrected chi connectivity index (χ4v) is 7.45. The zero-order valence-corrected chi connectivity index (χ0v) is 37.0. The smallest absolute Gasteiger partial charge is 0.310 e. The molecule has 20 heteroatoms. The number of rotatable bonds is 12. The molecule has 4 amide bonds. The molecule has 0 aromatic heterocycles. The summed E-state index contributed by atoms with van der Waals surface area (Å²) in [5, 5.41) is 49.6. The van der Waals surface area contributed by atoms with Crippen molar-refractivity contribution < 1.29 is 77.5 Å². The van der Waals surface area contributed by atoms with Crippen LogP contribution in [0.15, 0.2) is 121 Å². The molecule has 8 N–H and O–H groups in total. The van der Waals surface area contributed by atoms with Crippen LogP contribution < -0.4 is 21.3 Å². The van der Waals surface area contributed by atoms with E-state index in [9.17, 15) is 39.6 Å². The van der Waals surface area contributed by atoms with Crippen LogP contribution in [0.1, 0.15) is 47.4 Å². The number of benzene rings is 4. The average Bonchev–Trinajstić information content (AvgIpc) is 3.40. The van der Waals surface area contributed by atoms with E-state index in [4.69, 9.17) is 37.9 Å². The van der Waals surface area contributed by atoms with Crippen LogP contribution in [0.2, 0.25) is 0 Å². The Morgan fingerprint density at radius 2 is 0.500 bits per heavy atom. The van der Waals surface area contributed by atoms with Crippen molar-refractivity contribution in [3.63, 3.8) is 0 Å². The van der Waals surface area contributed by atoms with Gasteiger partial charge < -0.3 is 79.6 Å². The first-order chi connectivity index (χ1) is 33.0. The van der Waals surface area contributed by atoms with Gasteiger partial charge in [-0.3, -0.25) is 19.2 Å². The second kappa shape index (κ2) is 23.1. The van der Waals surface area contributed by atoms with Gasteiger partial charge in [0.05, 0.1) is 79.3 Å². The molecule has 0 aliphatic carbocycles. The first-order valence-electron chi connectivity index (χ1n) is 21.8. The highest BCUT2D eigenvalue weighted by Gasteiger charge is 2.45. The third-order valence-corrected chi connectivity index (χ3v) is 11.5. The maximum absolute atomic E-state index is 12.6. The second-order valence-electron chi connectivity index (χ2n) is 17.0. The van der Waals surface area contributed by atoms with E-state index in [1.165, 1.54) is 0 Å². The molecule has 0 bridgehead atoms. The standard InChI is InChI=1S/2C24H28N2O8/c2*27-11-23(13-31-21(32-14-23)17-7-3-1-4-8-17)25-19(29)20(30)26-24(12-28)15-33-22(34-16-24)18-9-5-2-6-10-18/h2*1-10,21-22,27-28H,11-16H2,(H,25,29)(H,26,30). The molecule has 4 saturated heterocycles. The fourth-order valence-electron chi connectivity index (χ4n) is 7.45. The Kier molecular flexibility index (Phi) is 17.0. The topological polar surface area (TPSA) is 271 Å². The lowest BCUT2D eigenvalue weighted by Gasteiger charge is -2.40. The number of carbonyl (C=O) groups is 4. The summed E-state index contributed by atoms with van der Waals surface area (Å²) < 4.78 is 45.5. The summed E-state index contributed by atoms with van der Waals surface area (Å²) in [5.41, 5.74) is -1.95. The number of amides is 4. The molecule has 4 aromatic rings. The zero-order chi connectivity index (χ0) is 48.0. The van der Waals surface area contributed by atoms with Crippen LogP contribution >= 0.6 is 0 Å². The minimum absolute atomic E-state index is 0.0573. The van der Waals surface area contributed by atoms with E-state index in [0.29, 0.717) is 0 Å². The van der Waals surface area contributed by atoms with E-state index in [-0.39, 0.29) is 52.9 Å². The first-order valence-corrected chi connectivity index (χ1v) is 21.8. The number of carbonyl (C=O) groups excluding carboxylic acids is 4. The highest BCUT2D eigenvalue weighted by molar-refractivity contribution is 6.36. The molecule has 4 aromatic carbocycles. The molecule has 4 heterocycles. The van der Waals surface area contributed by atoms with Gasteiger partial charge >= 0.3 is 23.6 Å². The predicted molar refractivity (Wildman–Crippen MR) is 236 cm³/mol. The number of hydrogen-bond donors (Lipinski definition) is 8. The lowest BCUT2D eigenvalue weighted by atomic mass is 10.0. The van der Waals surface area contributed by atoms with Gasteiger partial charge in [0.25, 0.3) is 0 Å². The molecule has 0 atom stereocenters. The molecule has 0 saturated carbocycles. The first kappa shape index (κ1) is 50.2. The molecule has 0 spiro atoms. The normalized spacial score (nSPS) is 29.2. The highest BCUT2D eigenvalue weighted by atomic mass is 16.7. The van der Waals surface area contributed by atoms with Crippen LogP contribution in [0.3, 0.4) is 0 Å². The molecule has 68 heavy (non-hydrogen) atoms. The number of aliphatic hydroxyl groups is 4. The van der Waals surface area contributed by atoms with Gasteiger partial charge in [0.2, 0.25) is 0 Å². The number of ether oxygens (including phenoxy) is 8. The second-order valence-corrected chi connectivity index (χ2v) is 17.0. The van der Waals surface area contributed by atoms with Gasteiger partial charge in [0.15, 0.2) is 25.2 Å². The number of nitrogens with one attached hydrogen (secondary N) is 4. The van der Waals surface area contributed by atoms with Crippen LogP contribution in [0.5, 0.6) is 0 Å². The van der Waals surface area contributed by atoms with Crippen LogP contribution in [0.25, 0.3) is 0 Å². The molecule has 0 radical (unpaired) electrons. The van der Waals surface area contributed by atoms with E-state index in [2.05, 4.69) is 21.3 Å². The molecule has 364 valence electrons. The molecule has 0 unspecified atom stereocenters. The Morgan fingerprint density at radius 1 is 0.338 bits per heavy atom. The van der Waals surface area contributed by atoms with Crippen LogP contribution in [0, 0.1) is 0 Å². The molecule has 20 nitrogen and oxygen atoms in total. The van der Waals surface area contributed by atoms with Crippen molar-refractivity contribution in [2.75, 3.05) is 79.3 Å². The largest absolute Gasteiger partial charge is 0.394 e. The lowest BCUT2D eigenvalue weighted by molar-refractivity contribution is -0.225. The van der Waals surface area contributed by atoms with E-state index >= 15 is 0 Å². The Morgan fingerprint density at radius 3 is 0.647 bits per heavy atom. The molecular formula is C48H56N4O16. The fraction of sp³-hybridized carbons (Fsp3) is 0.417. The molecule has 4 fully saturated rings. The highest BCUT2D eigenvalue weighted by Crippen LogP contribution is 2.31. The quantitative estimate of drug-likeness (QED) is 0.0891. The van der Waals surface area contributed by atoms with E-state index < -0.39 is 97.4 Å². The summed E-state index contributed by atoms with van der Waals surface area (Å²) in [5.74, 6) is -4.01. The predicted octanol–water partition coefficient (Wildman–Crippen LogP) is 0.344. The molecular weight excluding hydrogens is 889 g/mol. The summed E-state index contributed by atoms with van der Waals surface area (Å²) in [7, 11) is 0. The van der Waals surface area contributed by atoms with Crippen molar-refractivity contribution in [3.8, 4) is 0 Å². The van der Waals surface area contributed by atoms with Gasteiger partial charge in [-0.25, -0.2) is 0 Å². The summed E-state index contributed by atoms with van der Waals surface area (Å²) in [4.78, 5) is 50.5. The Hall–Kier alpha value is -5.72. The van der Waals surface area contributed by atoms with Crippen molar-refractivity contribution in [2.24, 2.45) is 0 Å². The van der Waals surface area contributed by atoms with Crippen molar-refractivity contribution in [1.29, 1.82) is 0 Å². The summed E-state index contributed by atoms with van der Waals surface area (Å²) >= 11 is 0. The van der Waals surface area contributed by atoms with Gasteiger partial charge in [0, 0.05) is 22.3 Å². The van der Waals surface area contributed by atoms with Crippen molar-refractivity contribution in [2.45, 2.75) is 47.3 Å². The maximum atomic E-state index is 12.6. The van der Waals surface area contributed by atoms with Crippen molar-refractivity contribution >= 4 is 23.6 Å². The Labute approximate surface area is 391 Å². The monoisotopic (exact) mass is 944 g/mol. The van der Waals surface area contributed by atoms with Crippen LogP contribution in [0.4, 0.5) is 0 Å². The number of aliphatic hydroxyl groups excluding tert-OH is 4. The minimum atomic E-state index is -1.29. The summed E-state index contributed by atoms with van der Waals surface area (Å²) in [6, 6.07) is 37.0. The van der Waals surface area contributed by atoms with Crippen molar-refractivity contribution in [3.05, 3.63) is 144 Å². The Bertz CT molecular complexity index is 1910. The summed E-state index contributed by atoms with van der Waals surface area (Å²) in [6.45, 7) is -2.44.